The summed E-state index contributed by atoms with van der Waals surface area (Å²) in [4.78, 5) is 23.9. The SMILES string of the molecule is CC1CC2(CC(CNc3ccccc3)OC2=O)C(=O)O1. The Morgan fingerprint density at radius 2 is 1.85 bits per heavy atom. The lowest BCUT2D eigenvalue weighted by Crippen LogP contribution is -2.31. The third-order valence-electron chi connectivity index (χ3n) is 3.88. The van der Waals surface area contributed by atoms with E-state index in [0.29, 0.717) is 19.4 Å². The van der Waals surface area contributed by atoms with Gasteiger partial charge in [-0.15, -0.1) is 0 Å². The van der Waals surface area contributed by atoms with E-state index in [2.05, 4.69) is 5.32 Å². The van der Waals surface area contributed by atoms with Gasteiger partial charge >= 0.3 is 11.9 Å². The zero-order valence-electron chi connectivity index (χ0n) is 11.3. The fraction of sp³-hybridized carbons (Fsp3) is 0.467. The van der Waals surface area contributed by atoms with E-state index >= 15 is 0 Å². The highest BCUT2D eigenvalue weighted by Gasteiger charge is 2.60. The Bertz CT molecular complexity index is 530. The Balaban J connectivity index is 1.64. The van der Waals surface area contributed by atoms with Gasteiger partial charge in [-0.3, -0.25) is 9.59 Å². The van der Waals surface area contributed by atoms with Crippen molar-refractivity contribution >= 4 is 17.6 Å². The second kappa shape index (κ2) is 4.81. The molecule has 0 amide bonds. The molecule has 1 spiro atoms. The van der Waals surface area contributed by atoms with Crippen LogP contribution >= 0.6 is 0 Å². The monoisotopic (exact) mass is 275 g/mol. The zero-order valence-corrected chi connectivity index (χ0v) is 11.3. The van der Waals surface area contributed by atoms with Crippen LogP contribution < -0.4 is 5.32 Å². The van der Waals surface area contributed by atoms with E-state index in [9.17, 15) is 9.59 Å². The van der Waals surface area contributed by atoms with Crippen molar-refractivity contribution in [2.45, 2.75) is 32.0 Å². The molecule has 0 bridgehead atoms. The summed E-state index contributed by atoms with van der Waals surface area (Å²) in [5.74, 6) is -0.871. The molecule has 106 valence electrons. The van der Waals surface area contributed by atoms with Crippen LogP contribution in [0.15, 0.2) is 30.3 Å². The van der Waals surface area contributed by atoms with Crippen molar-refractivity contribution in [1.82, 2.24) is 0 Å². The van der Waals surface area contributed by atoms with Crippen LogP contribution in [0, 0.1) is 5.41 Å². The first-order valence-electron chi connectivity index (χ1n) is 6.81. The van der Waals surface area contributed by atoms with Gasteiger partial charge in [-0.2, -0.15) is 0 Å². The van der Waals surface area contributed by atoms with Crippen molar-refractivity contribution in [2.24, 2.45) is 5.41 Å². The molecule has 1 N–H and O–H groups in total. The molecule has 2 saturated heterocycles. The average Bonchev–Trinajstić information content (AvgIpc) is 2.90. The molecular weight excluding hydrogens is 258 g/mol. The first-order chi connectivity index (χ1) is 9.60. The Hall–Kier alpha value is -2.04. The molecule has 3 rings (SSSR count). The number of anilines is 1. The number of ether oxygens (including phenoxy) is 2. The average molecular weight is 275 g/mol. The molecule has 2 fully saturated rings. The topological polar surface area (TPSA) is 64.6 Å². The van der Waals surface area contributed by atoms with E-state index in [4.69, 9.17) is 9.47 Å². The molecule has 3 atom stereocenters. The molecule has 5 nitrogen and oxygen atoms in total. The van der Waals surface area contributed by atoms with Crippen LogP contribution in [-0.2, 0) is 19.1 Å². The van der Waals surface area contributed by atoms with Gasteiger partial charge in [-0.1, -0.05) is 18.2 Å². The largest absolute Gasteiger partial charge is 0.462 e. The van der Waals surface area contributed by atoms with Crippen molar-refractivity contribution in [1.29, 1.82) is 0 Å². The number of hydrogen-bond donors (Lipinski definition) is 1. The summed E-state index contributed by atoms with van der Waals surface area (Å²) < 4.78 is 10.5. The maximum atomic E-state index is 12.0. The predicted molar refractivity (Wildman–Crippen MR) is 72.0 cm³/mol. The number of carbonyl (C=O) groups is 2. The minimum absolute atomic E-state index is 0.212. The van der Waals surface area contributed by atoms with E-state index in [1.165, 1.54) is 0 Å². The highest BCUT2D eigenvalue weighted by molar-refractivity contribution is 6.02. The van der Waals surface area contributed by atoms with Crippen molar-refractivity contribution in [2.75, 3.05) is 11.9 Å². The number of benzene rings is 1. The molecule has 0 aliphatic carbocycles. The first kappa shape index (κ1) is 13.0. The third-order valence-corrected chi connectivity index (χ3v) is 3.88. The van der Waals surface area contributed by atoms with E-state index in [1.54, 1.807) is 6.92 Å². The van der Waals surface area contributed by atoms with E-state index in [-0.39, 0.29) is 12.2 Å². The Morgan fingerprint density at radius 3 is 2.50 bits per heavy atom. The van der Waals surface area contributed by atoms with Crippen LogP contribution in [0.4, 0.5) is 5.69 Å². The van der Waals surface area contributed by atoms with Crippen molar-refractivity contribution in [3.63, 3.8) is 0 Å². The van der Waals surface area contributed by atoms with Crippen molar-refractivity contribution in [3.8, 4) is 0 Å². The molecular formula is C15H17NO4. The third kappa shape index (κ3) is 2.13. The molecule has 20 heavy (non-hydrogen) atoms. The minimum atomic E-state index is -1.07. The molecule has 0 radical (unpaired) electrons. The van der Waals surface area contributed by atoms with Crippen LogP contribution in [0.1, 0.15) is 19.8 Å². The van der Waals surface area contributed by atoms with Crippen LogP contribution in [0.25, 0.3) is 0 Å². The fourth-order valence-electron chi connectivity index (χ4n) is 2.92. The second-order valence-electron chi connectivity index (χ2n) is 5.48. The summed E-state index contributed by atoms with van der Waals surface area (Å²) >= 11 is 0. The number of para-hydroxylation sites is 1. The summed E-state index contributed by atoms with van der Waals surface area (Å²) in [7, 11) is 0. The van der Waals surface area contributed by atoms with Gasteiger partial charge in [0.25, 0.3) is 0 Å². The predicted octanol–water partition coefficient (Wildman–Crippen LogP) is 1.74. The highest BCUT2D eigenvalue weighted by atomic mass is 16.6. The van der Waals surface area contributed by atoms with Crippen molar-refractivity contribution in [3.05, 3.63) is 30.3 Å². The molecule has 1 aromatic carbocycles. The summed E-state index contributed by atoms with van der Waals surface area (Å²) in [5, 5.41) is 3.21. The summed E-state index contributed by atoms with van der Waals surface area (Å²) in [5.41, 5.74) is -0.102. The number of esters is 2. The van der Waals surface area contributed by atoms with Gasteiger partial charge in [0.2, 0.25) is 0 Å². The lowest BCUT2D eigenvalue weighted by Gasteiger charge is -2.12. The van der Waals surface area contributed by atoms with Crippen LogP contribution in [0.2, 0.25) is 0 Å². The molecule has 5 heteroatoms. The number of hydrogen-bond acceptors (Lipinski definition) is 5. The standard InChI is InChI=1S/C15H17NO4/c1-10-7-15(13(17)19-10)8-12(20-14(15)18)9-16-11-5-3-2-4-6-11/h2-6,10,12,16H,7-9H2,1H3. The molecule has 2 aliphatic heterocycles. The van der Waals surface area contributed by atoms with Gasteiger partial charge in [0.05, 0.1) is 6.54 Å². The quantitative estimate of drug-likeness (QED) is 0.672. The van der Waals surface area contributed by atoms with Gasteiger partial charge in [-0.25, -0.2) is 0 Å². The normalized spacial score (nSPS) is 32.2. The Kier molecular flexibility index (Phi) is 3.12. The molecule has 1 aromatic rings. The second-order valence-corrected chi connectivity index (χ2v) is 5.48. The summed E-state index contributed by atoms with van der Waals surface area (Å²) in [6, 6.07) is 9.68. The Labute approximate surface area is 117 Å². The van der Waals surface area contributed by atoms with Crippen LogP contribution in [-0.4, -0.2) is 30.7 Å². The maximum absolute atomic E-state index is 12.0. The molecule has 2 aliphatic rings. The van der Waals surface area contributed by atoms with E-state index in [0.717, 1.165) is 5.69 Å². The number of cyclic esters (lactones) is 2. The lowest BCUT2D eigenvalue weighted by atomic mass is 9.82. The van der Waals surface area contributed by atoms with Gasteiger partial charge < -0.3 is 14.8 Å². The van der Waals surface area contributed by atoms with Crippen molar-refractivity contribution < 1.29 is 19.1 Å². The lowest BCUT2D eigenvalue weighted by molar-refractivity contribution is -0.158. The van der Waals surface area contributed by atoms with Gasteiger partial charge in [0, 0.05) is 18.5 Å². The Morgan fingerprint density at radius 1 is 1.15 bits per heavy atom. The van der Waals surface area contributed by atoms with E-state index in [1.807, 2.05) is 30.3 Å². The summed E-state index contributed by atoms with van der Waals surface area (Å²) in [6.07, 6.45) is 0.317. The number of carbonyl (C=O) groups excluding carboxylic acids is 2. The number of nitrogens with one attached hydrogen (secondary N) is 1. The molecule has 0 aromatic heterocycles. The highest BCUT2D eigenvalue weighted by Crippen LogP contribution is 2.44. The van der Waals surface area contributed by atoms with E-state index < -0.39 is 17.4 Å². The van der Waals surface area contributed by atoms with Gasteiger partial charge in [0.1, 0.15) is 12.2 Å². The maximum Gasteiger partial charge on any atom is 0.324 e. The molecule has 2 heterocycles. The fourth-order valence-corrected chi connectivity index (χ4v) is 2.92. The summed E-state index contributed by atoms with van der Waals surface area (Å²) in [6.45, 7) is 2.30. The minimum Gasteiger partial charge on any atom is -0.462 e. The molecule has 3 unspecified atom stereocenters. The molecule has 0 saturated carbocycles. The van der Waals surface area contributed by atoms with Gasteiger partial charge in [0.15, 0.2) is 5.41 Å². The zero-order chi connectivity index (χ0) is 14.2. The smallest absolute Gasteiger partial charge is 0.324 e. The number of rotatable bonds is 3. The van der Waals surface area contributed by atoms with Crippen LogP contribution in [0.5, 0.6) is 0 Å². The van der Waals surface area contributed by atoms with Gasteiger partial charge in [-0.05, 0) is 19.1 Å². The van der Waals surface area contributed by atoms with Crippen LogP contribution in [0.3, 0.4) is 0 Å². The first-order valence-corrected chi connectivity index (χ1v) is 6.81.